The number of benzene rings is 1. The lowest BCUT2D eigenvalue weighted by Gasteiger charge is -2.22. The highest BCUT2D eigenvalue weighted by molar-refractivity contribution is 8.15. The fraction of sp³-hybridized carbons (Fsp3) is 0.556. The maximum Gasteiger partial charge on any atom is 0.257 e. The van der Waals surface area contributed by atoms with Crippen LogP contribution in [-0.2, 0) is 10.0 Å². The van der Waals surface area contributed by atoms with Gasteiger partial charge < -0.3 is 10.2 Å². The molecule has 0 aliphatic carbocycles. The van der Waals surface area contributed by atoms with Gasteiger partial charge >= 0.3 is 0 Å². The van der Waals surface area contributed by atoms with E-state index >= 15 is 0 Å². The summed E-state index contributed by atoms with van der Waals surface area (Å²) in [7, 11) is -3.37. The van der Waals surface area contributed by atoms with Crippen molar-refractivity contribution in [1.29, 1.82) is 0 Å². The number of sulfonamides is 1. The zero-order valence-electron chi connectivity index (χ0n) is 15.4. The third-order valence-corrected chi connectivity index (χ3v) is 6.84. The summed E-state index contributed by atoms with van der Waals surface area (Å²) in [6.45, 7) is 6.84. The molecule has 0 saturated carbocycles. The van der Waals surface area contributed by atoms with Gasteiger partial charge in [0.1, 0.15) is 0 Å². The molecule has 142 valence electrons. The Morgan fingerprint density at radius 2 is 2.08 bits per heavy atom. The first-order valence-corrected chi connectivity index (χ1v) is 11.4. The fourth-order valence-corrected chi connectivity index (χ4v) is 5.38. The number of nitrogens with one attached hydrogen (secondary N) is 1. The zero-order valence-corrected chi connectivity index (χ0v) is 17.0. The van der Waals surface area contributed by atoms with Gasteiger partial charge in [-0.1, -0.05) is 26.7 Å². The first-order chi connectivity index (χ1) is 12.2. The van der Waals surface area contributed by atoms with Crippen molar-refractivity contribution in [2.24, 2.45) is 10.3 Å². The second kappa shape index (κ2) is 7.60. The highest BCUT2D eigenvalue weighted by Gasteiger charge is 2.33. The molecular formula is C18H25N3O3S2. The molecule has 3 rings (SSSR count). The van der Waals surface area contributed by atoms with Crippen LogP contribution in [0.5, 0.6) is 0 Å². The van der Waals surface area contributed by atoms with Gasteiger partial charge in [-0.15, -0.1) is 4.40 Å². The number of nitrogens with zero attached hydrogens (tertiary/aromatic N) is 2. The SMILES string of the molecule is CC(C)CCCC(C)NC(=O)c1ccc2c(c1)SC1=NS(=O)(=O)CCN12. The quantitative estimate of drug-likeness (QED) is 0.800. The molecule has 1 atom stereocenters. The number of amides is 1. The molecule has 0 bridgehead atoms. The van der Waals surface area contributed by atoms with Crippen LogP contribution < -0.4 is 10.2 Å². The molecule has 0 spiro atoms. The molecule has 0 aromatic heterocycles. The summed E-state index contributed by atoms with van der Waals surface area (Å²) in [5.74, 6) is 0.605. The van der Waals surface area contributed by atoms with Gasteiger partial charge in [0.15, 0.2) is 5.17 Å². The first kappa shape index (κ1) is 19.2. The maximum absolute atomic E-state index is 12.5. The summed E-state index contributed by atoms with van der Waals surface area (Å²) in [6, 6.07) is 5.62. The van der Waals surface area contributed by atoms with Gasteiger partial charge in [-0.05, 0) is 49.2 Å². The van der Waals surface area contributed by atoms with E-state index in [9.17, 15) is 13.2 Å². The van der Waals surface area contributed by atoms with Crippen molar-refractivity contribution in [1.82, 2.24) is 5.32 Å². The minimum atomic E-state index is -3.37. The summed E-state index contributed by atoms with van der Waals surface area (Å²) >= 11 is 1.31. The Balaban J connectivity index is 1.66. The van der Waals surface area contributed by atoms with Gasteiger partial charge in [0.05, 0.1) is 11.4 Å². The Morgan fingerprint density at radius 3 is 2.81 bits per heavy atom. The van der Waals surface area contributed by atoms with Crippen molar-refractivity contribution >= 4 is 38.5 Å². The molecule has 0 radical (unpaired) electrons. The predicted molar refractivity (Wildman–Crippen MR) is 106 cm³/mol. The lowest BCUT2D eigenvalue weighted by atomic mass is 10.0. The molecule has 2 aliphatic heterocycles. The second-order valence-corrected chi connectivity index (χ2v) is 10.1. The largest absolute Gasteiger partial charge is 0.350 e. The summed E-state index contributed by atoms with van der Waals surface area (Å²) < 4.78 is 27.2. The number of hydrogen-bond donors (Lipinski definition) is 1. The lowest BCUT2D eigenvalue weighted by Crippen LogP contribution is -2.35. The van der Waals surface area contributed by atoms with E-state index in [4.69, 9.17) is 0 Å². The van der Waals surface area contributed by atoms with E-state index in [2.05, 4.69) is 23.6 Å². The number of fused-ring (bicyclic) bond motifs is 3. The molecule has 2 heterocycles. The summed E-state index contributed by atoms with van der Waals surface area (Å²) in [5.41, 5.74) is 1.51. The molecule has 1 aromatic rings. The number of anilines is 1. The summed E-state index contributed by atoms with van der Waals surface area (Å²) in [5, 5.41) is 3.53. The van der Waals surface area contributed by atoms with E-state index in [1.807, 2.05) is 24.0 Å². The number of rotatable bonds is 6. The molecule has 26 heavy (non-hydrogen) atoms. The molecule has 1 amide bonds. The Bertz CT molecular complexity index is 834. The topological polar surface area (TPSA) is 78.8 Å². The number of amidine groups is 1. The van der Waals surface area contributed by atoms with Crippen LogP contribution >= 0.6 is 11.8 Å². The van der Waals surface area contributed by atoms with E-state index in [1.54, 1.807) is 6.07 Å². The zero-order chi connectivity index (χ0) is 18.9. The molecular weight excluding hydrogens is 370 g/mol. The van der Waals surface area contributed by atoms with Crippen molar-refractivity contribution in [3.63, 3.8) is 0 Å². The van der Waals surface area contributed by atoms with Crippen molar-refractivity contribution in [3.05, 3.63) is 23.8 Å². The average Bonchev–Trinajstić information content (AvgIpc) is 2.89. The Hall–Kier alpha value is -1.54. The van der Waals surface area contributed by atoms with E-state index < -0.39 is 10.0 Å². The first-order valence-electron chi connectivity index (χ1n) is 8.98. The standard InChI is InChI=1S/C18H25N3O3S2/c1-12(2)5-4-6-13(3)19-17(22)14-7-8-15-16(11-14)25-18-20-26(23,24)10-9-21(15)18/h7-8,11-13H,4-6,9-10H2,1-3H3,(H,19,22). The minimum Gasteiger partial charge on any atom is -0.350 e. The highest BCUT2D eigenvalue weighted by Crippen LogP contribution is 2.42. The molecule has 8 heteroatoms. The third kappa shape index (κ3) is 4.40. The smallest absolute Gasteiger partial charge is 0.257 e. The Kier molecular flexibility index (Phi) is 5.62. The second-order valence-electron chi connectivity index (χ2n) is 7.30. The van der Waals surface area contributed by atoms with Crippen LogP contribution in [0.1, 0.15) is 50.4 Å². The number of thioether (sulfide) groups is 1. The number of carbonyl (C=O) groups is 1. The molecule has 2 aliphatic rings. The maximum atomic E-state index is 12.5. The monoisotopic (exact) mass is 395 g/mol. The van der Waals surface area contributed by atoms with Gasteiger partial charge in [-0.2, -0.15) is 0 Å². The van der Waals surface area contributed by atoms with Crippen LogP contribution in [0.2, 0.25) is 0 Å². The van der Waals surface area contributed by atoms with E-state index in [0.29, 0.717) is 23.2 Å². The van der Waals surface area contributed by atoms with Crippen molar-refractivity contribution in [2.75, 3.05) is 17.2 Å². The Morgan fingerprint density at radius 1 is 1.31 bits per heavy atom. The van der Waals surface area contributed by atoms with Crippen LogP contribution in [0.25, 0.3) is 0 Å². The normalized spacial score (nSPS) is 18.9. The van der Waals surface area contributed by atoms with Crippen LogP contribution in [-0.4, -0.2) is 37.8 Å². The van der Waals surface area contributed by atoms with Crippen LogP contribution in [0, 0.1) is 5.92 Å². The average molecular weight is 396 g/mol. The molecule has 6 nitrogen and oxygen atoms in total. The third-order valence-electron chi connectivity index (χ3n) is 4.53. The number of hydrogen-bond acceptors (Lipinski definition) is 5. The predicted octanol–water partition coefficient (Wildman–Crippen LogP) is 3.24. The van der Waals surface area contributed by atoms with Crippen LogP contribution in [0.3, 0.4) is 0 Å². The number of carbonyl (C=O) groups excluding carboxylic acids is 1. The molecule has 0 fully saturated rings. The van der Waals surface area contributed by atoms with Gasteiger partial charge in [-0.25, -0.2) is 8.42 Å². The van der Waals surface area contributed by atoms with Crippen molar-refractivity contribution < 1.29 is 13.2 Å². The van der Waals surface area contributed by atoms with Gasteiger partial charge in [-0.3, -0.25) is 4.79 Å². The molecule has 0 saturated heterocycles. The van der Waals surface area contributed by atoms with E-state index in [1.165, 1.54) is 11.8 Å². The summed E-state index contributed by atoms with van der Waals surface area (Å²) in [6.07, 6.45) is 3.23. The van der Waals surface area contributed by atoms with Gasteiger partial charge in [0.25, 0.3) is 15.9 Å². The fourth-order valence-electron chi connectivity index (χ4n) is 3.08. The van der Waals surface area contributed by atoms with Gasteiger partial charge in [0, 0.05) is 23.0 Å². The molecule has 1 unspecified atom stereocenters. The van der Waals surface area contributed by atoms with Crippen LogP contribution in [0.4, 0.5) is 5.69 Å². The van der Waals surface area contributed by atoms with E-state index in [-0.39, 0.29) is 17.7 Å². The highest BCUT2D eigenvalue weighted by atomic mass is 32.2. The van der Waals surface area contributed by atoms with Crippen molar-refractivity contribution in [3.8, 4) is 0 Å². The minimum absolute atomic E-state index is 0.0205. The lowest BCUT2D eigenvalue weighted by molar-refractivity contribution is 0.0937. The Labute approximate surface area is 159 Å². The molecule has 1 N–H and O–H groups in total. The summed E-state index contributed by atoms with van der Waals surface area (Å²) in [4.78, 5) is 15.3. The molecule has 1 aromatic carbocycles. The van der Waals surface area contributed by atoms with Crippen molar-refractivity contribution in [2.45, 2.75) is 51.0 Å². The van der Waals surface area contributed by atoms with Crippen LogP contribution in [0.15, 0.2) is 27.5 Å². The van der Waals surface area contributed by atoms with Gasteiger partial charge in [0.2, 0.25) is 0 Å². The van der Waals surface area contributed by atoms with E-state index in [0.717, 1.165) is 29.8 Å².